The molecule has 0 aromatic heterocycles. The summed E-state index contributed by atoms with van der Waals surface area (Å²) in [6.07, 6.45) is 0.543. The average molecular weight is 215 g/mol. The van der Waals surface area contributed by atoms with Crippen LogP contribution in [0.15, 0.2) is 0 Å². The number of nitrogens with zero attached hydrogens (tertiary/aromatic N) is 1. The fourth-order valence-electron chi connectivity index (χ4n) is 1.56. The molecule has 0 radical (unpaired) electrons. The zero-order chi connectivity index (χ0) is 11.4. The van der Waals surface area contributed by atoms with Crippen molar-refractivity contribution in [3.8, 4) is 0 Å². The maximum atomic E-state index is 11.4. The fraction of sp³-hybridized carbons (Fsp3) is 0.667. The van der Waals surface area contributed by atoms with Crippen LogP contribution in [0.25, 0.3) is 0 Å². The highest BCUT2D eigenvalue weighted by atomic mass is 16.5. The summed E-state index contributed by atoms with van der Waals surface area (Å²) in [7, 11) is 0. The van der Waals surface area contributed by atoms with Gasteiger partial charge in [-0.2, -0.15) is 0 Å². The Balaban J connectivity index is 2.67. The van der Waals surface area contributed by atoms with Crippen molar-refractivity contribution >= 4 is 17.8 Å². The van der Waals surface area contributed by atoms with E-state index in [4.69, 9.17) is 9.84 Å². The van der Waals surface area contributed by atoms with Crippen LogP contribution < -0.4 is 0 Å². The van der Waals surface area contributed by atoms with Crippen LogP contribution in [-0.2, 0) is 19.1 Å². The molecule has 1 saturated heterocycles. The smallest absolute Gasteiger partial charge is 0.328 e. The zero-order valence-corrected chi connectivity index (χ0v) is 8.43. The first kappa shape index (κ1) is 11.5. The molecule has 1 aliphatic heterocycles. The van der Waals surface area contributed by atoms with Crippen LogP contribution in [0.2, 0.25) is 0 Å². The van der Waals surface area contributed by atoms with Crippen LogP contribution in [0.5, 0.6) is 0 Å². The summed E-state index contributed by atoms with van der Waals surface area (Å²) in [5.41, 5.74) is 0. The minimum Gasteiger partial charge on any atom is -0.480 e. The second-order valence-electron chi connectivity index (χ2n) is 3.22. The summed E-state index contributed by atoms with van der Waals surface area (Å²) < 4.78 is 4.76. The minimum atomic E-state index is -1.13. The van der Waals surface area contributed by atoms with E-state index in [1.165, 1.54) is 0 Å². The van der Waals surface area contributed by atoms with Gasteiger partial charge < -0.3 is 14.7 Å². The number of carboxylic acid groups (broad SMARTS) is 1. The summed E-state index contributed by atoms with van der Waals surface area (Å²) in [6.45, 7) is 1.45. The summed E-state index contributed by atoms with van der Waals surface area (Å²) in [5, 5.41) is 8.58. The van der Waals surface area contributed by atoms with Gasteiger partial charge in [0.25, 0.3) is 0 Å². The van der Waals surface area contributed by atoms with E-state index in [1.807, 2.05) is 0 Å². The van der Waals surface area contributed by atoms with Crippen molar-refractivity contribution in [3.63, 3.8) is 0 Å². The third kappa shape index (κ3) is 2.68. The average Bonchev–Trinajstić information content (AvgIpc) is 2.48. The first-order valence-corrected chi connectivity index (χ1v) is 4.74. The van der Waals surface area contributed by atoms with Crippen molar-refractivity contribution in [2.75, 3.05) is 13.2 Å². The summed E-state index contributed by atoms with van der Waals surface area (Å²) in [6, 6.07) is -0.728. The van der Waals surface area contributed by atoms with Gasteiger partial charge in [-0.05, 0) is 13.3 Å². The van der Waals surface area contributed by atoms with Crippen molar-refractivity contribution in [2.24, 2.45) is 0 Å². The highest BCUT2D eigenvalue weighted by molar-refractivity contribution is 5.90. The standard InChI is InChI=1S/C9H13NO5/c1-2-15-9(14)6-3-4-7(11)10(6)5-8(12)13/h6H,2-5H2,1H3,(H,12,13). The third-order valence-electron chi connectivity index (χ3n) is 2.19. The van der Waals surface area contributed by atoms with Gasteiger partial charge in [-0.1, -0.05) is 0 Å². The number of esters is 1. The molecular weight excluding hydrogens is 202 g/mol. The van der Waals surface area contributed by atoms with Crippen molar-refractivity contribution < 1.29 is 24.2 Å². The maximum absolute atomic E-state index is 11.4. The number of hydrogen-bond acceptors (Lipinski definition) is 4. The molecule has 0 saturated carbocycles. The van der Waals surface area contributed by atoms with Crippen LogP contribution in [0.4, 0.5) is 0 Å². The third-order valence-corrected chi connectivity index (χ3v) is 2.19. The van der Waals surface area contributed by atoms with Gasteiger partial charge in [0, 0.05) is 6.42 Å². The van der Waals surface area contributed by atoms with E-state index in [2.05, 4.69) is 0 Å². The second-order valence-corrected chi connectivity index (χ2v) is 3.22. The molecule has 1 amide bonds. The van der Waals surface area contributed by atoms with Crippen molar-refractivity contribution in [3.05, 3.63) is 0 Å². The molecule has 84 valence electrons. The van der Waals surface area contributed by atoms with E-state index >= 15 is 0 Å². The molecule has 0 bridgehead atoms. The van der Waals surface area contributed by atoms with Crippen molar-refractivity contribution in [2.45, 2.75) is 25.8 Å². The topological polar surface area (TPSA) is 83.9 Å². The summed E-state index contributed by atoms with van der Waals surface area (Å²) in [4.78, 5) is 34.2. The fourth-order valence-corrected chi connectivity index (χ4v) is 1.56. The van der Waals surface area contributed by atoms with Gasteiger partial charge in [0.15, 0.2) is 0 Å². The van der Waals surface area contributed by atoms with E-state index in [9.17, 15) is 14.4 Å². The number of likely N-dealkylation sites (tertiary alicyclic amines) is 1. The van der Waals surface area contributed by atoms with Gasteiger partial charge >= 0.3 is 11.9 Å². The molecule has 1 unspecified atom stereocenters. The molecule has 0 aromatic carbocycles. The molecular formula is C9H13NO5. The Kier molecular flexibility index (Phi) is 3.65. The lowest BCUT2D eigenvalue weighted by Crippen LogP contribution is -2.42. The SMILES string of the molecule is CCOC(=O)C1CCC(=O)N1CC(=O)O. The van der Waals surface area contributed by atoms with E-state index < -0.39 is 24.5 Å². The van der Waals surface area contributed by atoms with Gasteiger partial charge in [0.1, 0.15) is 12.6 Å². The van der Waals surface area contributed by atoms with Crippen molar-refractivity contribution in [1.29, 1.82) is 0 Å². The van der Waals surface area contributed by atoms with Crippen LogP contribution in [0.1, 0.15) is 19.8 Å². The number of amides is 1. The normalized spacial score (nSPS) is 20.5. The van der Waals surface area contributed by atoms with Gasteiger partial charge in [-0.25, -0.2) is 4.79 Å². The molecule has 1 atom stereocenters. The highest BCUT2D eigenvalue weighted by Crippen LogP contribution is 2.19. The number of carbonyl (C=O) groups excluding carboxylic acids is 2. The van der Waals surface area contributed by atoms with E-state index in [0.29, 0.717) is 6.42 Å². The quantitative estimate of drug-likeness (QED) is 0.646. The van der Waals surface area contributed by atoms with Gasteiger partial charge in [-0.15, -0.1) is 0 Å². The van der Waals surface area contributed by atoms with Crippen LogP contribution in [0.3, 0.4) is 0 Å². The molecule has 1 fully saturated rings. The number of ether oxygens (including phenoxy) is 1. The van der Waals surface area contributed by atoms with E-state index in [1.54, 1.807) is 6.92 Å². The predicted octanol–water partition coefficient (Wildman–Crippen LogP) is -0.375. The number of carboxylic acids is 1. The monoisotopic (exact) mass is 215 g/mol. The molecule has 1 heterocycles. The Morgan fingerprint density at radius 2 is 2.27 bits per heavy atom. The molecule has 6 nitrogen and oxygen atoms in total. The Morgan fingerprint density at radius 3 is 2.80 bits per heavy atom. The van der Waals surface area contributed by atoms with E-state index in [-0.39, 0.29) is 18.9 Å². The molecule has 15 heavy (non-hydrogen) atoms. The van der Waals surface area contributed by atoms with Gasteiger partial charge in [0.2, 0.25) is 5.91 Å². The molecule has 6 heteroatoms. The lowest BCUT2D eigenvalue weighted by molar-refractivity contribution is -0.154. The summed E-state index contributed by atoms with van der Waals surface area (Å²) in [5.74, 6) is -1.96. The molecule has 1 aliphatic rings. The molecule has 0 aromatic rings. The first-order valence-electron chi connectivity index (χ1n) is 4.74. The second kappa shape index (κ2) is 4.77. The van der Waals surface area contributed by atoms with Crippen LogP contribution >= 0.6 is 0 Å². The lowest BCUT2D eigenvalue weighted by atomic mass is 10.2. The number of hydrogen-bond donors (Lipinski definition) is 1. The minimum absolute atomic E-state index is 0.205. The Labute approximate surface area is 86.8 Å². The number of rotatable bonds is 4. The van der Waals surface area contributed by atoms with Crippen LogP contribution in [0, 0.1) is 0 Å². The van der Waals surface area contributed by atoms with Gasteiger partial charge in [-0.3, -0.25) is 9.59 Å². The molecule has 1 N–H and O–H groups in total. The Morgan fingerprint density at radius 1 is 1.60 bits per heavy atom. The maximum Gasteiger partial charge on any atom is 0.328 e. The summed E-state index contributed by atoms with van der Waals surface area (Å²) >= 11 is 0. The predicted molar refractivity (Wildman–Crippen MR) is 49.0 cm³/mol. The van der Waals surface area contributed by atoms with Gasteiger partial charge in [0.05, 0.1) is 6.61 Å². The molecule has 1 rings (SSSR count). The highest BCUT2D eigenvalue weighted by Gasteiger charge is 2.37. The molecule has 0 aliphatic carbocycles. The van der Waals surface area contributed by atoms with Crippen LogP contribution in [-0.4, -0.2) is 47.0 Å². The lowest BCUT2D eigenvalue weighted by Gasteiger charge is -2.20. The number of carbonyl (C=O) groups is 3. The first-order chi connectivity index (χ1) is 7.06. The number of aliphatic carboxylic acids is 1. The Bertz CT molecular complexity index is 288. The molecule has 0 spiro atoms. The van der Waals surface area contributed by atoms with E-state index in [0.717, 1.165) is 4.90 Å². The zero-order valence-electron chi connectivity index (χ0n) is 8.43. The Hall–Kier alpha value is -1.59. The largest absolute Gasteiger partial charge is 0.480 e. The van der Waals surface area contributed by atoms with Crippen molar-refractivity contribution in [1.82, 2.24) is 4.90 Å².